The van der Waals surface area contributed by atoms with Gasteiger partial charge < -0.3 is 15.0 Å². The smallest absolute Gasteiger partial charge is 0.124 e. The number of hydrogen-bond acceptors (Lipinski definition) is 3. The lowest BCUT2D eigenvalue weighted by atomic mass is 9.97. The van der Waals surface area contributed by atoms with E-state index in [2.05, 4.69) is 15.6 Å². The van der Waals surface area contributed by atoms with Crippen LogP contribution in [-0.4, -0.2) is 16.2 Å². The van der Waals surface area contributed by atoms with Gasteiger partial charge in [0.2, 0.25) is 0 Å². The molecular weight excluding hydrogens is 262 g/mol. The van der Waals surface area contributed by atoms with E-state index in [1.807, 2.05) is 49.4 Å². The first-order valence-electron chi connectivity index (χ1n) is 7.16. The van der Waals surface area contributed by atoms with Crippen LogP contribution in [0.5, 0.6) is 5.75 Å². The third-order valence-corrected chi connectivity index (χ3v) is 4.21. The van der Waals surface area contributed by atoms with E-state index in [0.717, 1.165) is 28.2 Å². The van der Waals surface area contributed by atoms with E-state index in [1.54, 1.807) is 0 Å². The highest BCUT2D eigenvalue weighted by molar-refractivity contribution is 5.76. The van der Waals surface area contributed by atoms with Gasteiger partial charge in [0, 0.05) is 5.56 Å². The highest BCUT2D eigenvalue weighted by Crippen LogP contribution is 2.37. The molecule has 0 amide bonds. The van der Waals surface area contributed by atoms with Gasteiger partial charge in [-0.1, -0.05) is 30.3 Å². The molecular formula is C17H17N3O. The number of aryl methyl sites for hydroxylation is 1. The lowest BCUT2D eigenvalue weighted by Crippen LogP contribution is -2.34. The summed E-state index contributed by atoms with van der Waals surface area (Å²) in [5, 5.41) is 0. The molecule has 2 atom stereocenters. The fraction of sp³-hybridized carbons (Fsp3) is 0.235. The molecule has 4 nitrogen and oxygen atoms in total. The van der Waals surface area contributed by atoms with Crippen molar-refractivity contribution in [3.8, 4) is 5.75 Å². The molecule has 0 aliphatic carbocycles. The first kappa shape index (κ1) is 12.4. The summed E-state index contributed by atoms with van der Waals surface area (Å²) in [6.07, 6.45) is 0. The molecule has 4 heteroatoms. The normalized spacial score (nSPS) is 21.0. The molecule has 0 bridgehead atoms. The lowest BCUT2D eigenvalue weighted by molar-refractivity contribution is 0.198. The quantitative estimate of drug-likeness (QED) is 0.745. The van der Waals surface area contributed by atoms with Crippen molar-refractivity contribution in [1.82, 2.24) is 9.55 Å². The predicted molar refractivity (Wildman–Crippen MR) is 82.4 cm³/mol. The van der Waals surface area contributed by atoms with Crippen molar-refractivity contribution in [2.75, 3.05) is 6.61 Å². The van der Waals surface area contributed by atoms with Gasteiger partial charge in [-0.15, -0.1) is 0 Å². The SMILES string of the molecule is Cc1nc2ccccc2n1C1COc2ccccc2C1N. The Bertz CT molecular complexity index is 809. The number of imidazole rings is 1. The van der Waals surface area contributed by atoms with Crippen molar-refractivity contribution in [2.24, 2.45) is 5.73 Å². The number of ether oxygens (including phenoxy) is 1. The van der Waals surface area contributed by atoms with Crippen LogP contribution in [0.1, 0.15) is 23.5 Å². The molecule has 0 saturated heterocycles. The van der Waals surface area contributed by atoms with Crippen molar-refractivity contribution < 1.29 is 4.74 Å². The minimum Gasteiger partial charge on any atom is -0.491 e. The molecule has 21 heavy (non-hydrogen) atoms. The number of aromatic nitrogens is 2. The van der Waals surface area contributed by atoms with Gasteiger partial charge in [0.15, 0.2) is 0 Å². The van der Waals surface area contributed by atoms with Crippen molar-refractivity contribution >= 4 is 11.0 Å². The fourth-order valence-corrected chi connectivity index (χ4v) is 3.19. The maximum Gasteiger partial charge on any atom is 0.124 e. The topological polar surface area (TPSA) is 53.1 Å². The van der Waals surface area contributed by atoms with Crippen LogP contribution in [0.4, 0.5) is 0 Å². The van der Waals surface area contributed by atoms with Gasteiger partial charge in [-0.05, 0) is 25.1 Å². The van der Waals surface area contributed by atoms with Gasteiger partial charge in [0.1, 0.15) is 18.2 Å². The first-order chi connectivity index (χ1) is 10.3. The zero-order chi connectivity index (χ0) is 14.4. The molecule has 1 aliphatic heterocycles. The molecule has 2 heterocycles. The summed E-state index contributed by atoms with van der Waals surface area (Å²) >= 11 is 0. The largest absolute Gasteiger partial charge is 0.491 e. The molecule has 4 rings (SSSR count). The van der Waals surface area contributed by atoms with Gasteiger partial charge in [-0.25, -0.2) is 4.98 Å². The molecule has 0 spiro atoms. The summed E-state index contributed by atoms with van der Waals surface area (Å²) in [7, 11) is 0. The maximum atomic E-state index is 6.51. The van der Waals surface area contributed by atoms with Crippen LogP contribution in [0.15, 0.2) is 48.5 Å². The molecule has 0 saturated carbocycles. The summed E-state index contributed by atoms with van der Waals surface area (Å²) in [5.41, 5.74) is 9.68. The number of rotatable bonds is 1. The van der Waals surface area contributed by atoms with Crippen molar-refractivity contribution in [1.29, 1.82) is 0 Å². The summed E-state index contributed by atoms with van der Waals surface area (Å²) in [5.74, 6) is 1.86. The number of nitrogens with two attached hydrogens (primary N) is 1. The number of fused-ring (bicyclic) bond motifs is 2. The third kappa shape index (κ3) is 1.83. The van der Waals surface area contributed by atoms with E-state index in [4.69, 9.17) is 10.5 Å². The van der Waals surface area contributed by atoms with E-state index >= 15 is 0 Å². The van der Waals surface area contributed by atoms with Gasteiger partial charge >= 0.3 is 0 Å². The van der Waals surface area contributed by atoms with Crippen LogP contribution in [0, 0.1) is 6.92 Å². The second-order valence-corrected chi connectivity index (χ2v) is 5.46. The van der Waals surface area contributed by atoms with Gasteiger partial charge in [0.05, 0.1) is 23.1 Å². The van der Waals surface area contributed by atoms with Crippen LogP contribution < -0.4 is 10.5 Å². The minimum atomic E-state index is -0.0914. The van der Waals surface area contributed by atoms with E-state index in [9.17, 15) is 0 Å². The molecule has 1 aliphatic rings. The van der Waals surface area contributed by atoms with E-state index in [1.165, 1.54) is 0 Å². The Kier molecular flexibility index (Phi) is 2.72. The minimum absolute atomic E-state index is 0.0623. The van der Waals surface area contributed by atoms with Crippen molar-refractivity contribution in [3.05, 3.63) is 59.9 Å². The number of para-hydroxylation sites is 3. The van der Waals surface area contributed by atoms with E-state index in [0.29, 0.717) is 6.61 Å². The molecule has 3 aromatic rings. The molecule has 2 unspecified atom stereocenters. The predicted octanol–water partition coefficient (Wildman–Crippen LogP) is 2.98. The monoisotopic (exact) mass is 279 g/mol. The van der Waals surface area contributed by atoms with Gasteiger partial charge in [0.25, 0.3) is 0 Å². The lowest BCUT2D eigenvalue weighted by Gasteiger charge is -2.33. The first-order valence-corrected chi connectivity index (χ1v) is 7.16. The Balaban J connectivity index is 1.85. The highest BCUT2D eigenvalue weighted by Gasteiger charge is 2.31. The van der Waals surface area contributed by atoms with Crippen LogP contribution in [0.25, 0.3) is 11.0 Å². The second kappa shape index (κ2) is 4.60. The summed E-state index contributed by atoms with van der Waals surface area (Å²) in [4.78, 5) is 4.63. The molecule has 0 radical (unpaired) electrons. The van der Waals surface area contributed by atoms with Crippen LogP contribution >= 0.6 is 0 Å². The van der Waals surface area contributed by atoms with E-state index < -0.39 is 0 Å². The molecule has 1 aromatic heterocycles. The average Bonchev–Trinajstić information content (AvgIpc) is 2.84. The Morgan fingerprint density at radius 1 is 1.14 bits per heavy atom. The number of benzene rings is 2. The Hall–Kier alpha value is -2.33. The summed E-state index contributed by atoms with van der Waals surface area (Å²) < 4.78 is 8.11. The zero-order valence-electron chi connectivity index (χ0n) is 11.9. The molecule has 0 fully saturated rings. The number of nitrogens with zero attached hydrogens (tertiary/aromatic N) is 2. The Labute approximate surface area is 123 Å². The second-order valence-electron chi connectivity index (χ2n) is 5.46. The van der Waals surface area contributed by atoms with Crippen LogP contribution in [0.2, 0.25) is 0 Å². The Morgan fingerprint density at radius 3 is 2.81 bits per heavy atom. The van der Waals surface area contributed by atoms with Crippen molar-refractivity contribution in [3.63, 3.8) is 0 Å². The molecule has 2 aromatic carbocycles. The Morgan fingerprint density at radius 2 is 1.90 bits per heavy atom. The summed E-state index contributed by atoms with van der Waals surface area (Å²) in [6.45, 7) is 2.59. The average molecular weight is 279 g/mol. The maximum absolute atomic E-state index is 6.51. The van der Waals surface area contributed by atoms with Crippen molar-refractivity contribution in [2.45, 2.75) is 19.0 Å². The number of hydrogen-bond donors (Lipinski definition) is 1. The van der Waals surface area contributed by atoms with Gasteiger partial charge in [-0.3, -0.25) is 0 Å². The zero-order valence-corrected chi connectivity index (χ0v) is 11.9. The van der Waals surface area contributed by atoms with Crippen LogP contribution in [0.3, 0.4) is 0 Å². The third-order valence-electron chi connectivity index (χ3n) is 4.21. The molecule has 2 N–H and O–H groups in total. The molecule has 106 valence electrons. The summed E-state index contributed by atoms with van der Waals surface area (Å²) in [6, 6.07) is 16.1. The van der Waals surface area contributed by atoms with E-state index in [-0.39, 0.29) is 12.1 Å². The van der Waals surface area contributed by atoms with Gasteiger partial charge in [-0.2, -0.15) is 0 Å². The van der Waals surface area contributed by atoms with Crippen LogP contribution in [-0.2, 0) is 0 Å². The fourth-order valence-electron chi connectivity index (χ4n) is 3.19. The highest BCUT2D eigenvalue weighted by atomic mass is 16.5. The standard InChI is InChI=1S/C17H17N3O/c1-11-19-13-7-3-4-8-14(13)20(11)15-10-21-16-9-5-2-6-12(16)17(15)18/h2-9,15,17H,10,18H2,1H3.